The molecule has 3 aliphatic heterocycles. The number of aryl methyl sites for hydroxylation is 1. The van der Waals surface area contributed by atoms with Gasteiger partial charge >= 0.3 is 0 Å². The molecule has 0 unspecified atom stereocenters. The third-order valence-electron chi connectivity index (χ3n) is 6.64. The molecular weight excluding hydrogens is 376 g/mol. The van der Waals surface area contributed by atoms with Crippen LogP contribution in [0.5, 0.6) is 0 Å². The molecule has 0 radical (unpaired) electrons. The van der Waals surface area contributed by atoms with Gasteiger partial charge in [-0.25, -0.2) is 14.7 Å². The number of piperidine rings is 3. The lowest BCUT2D eigenvalue weighted by Crippen LogP contribution is -2.66. The molecule has 156 valence electrons. The van der Waals surface area contributed by atoms with Gasteiger partial charge in [0.25, 0.3) is 10.2 Å². The van der Waals surface area contributed by atoms with Crippen LogP contribution in [0.3, 0.4) is 0 Å². The highest BCUT2D eigenvalue weighted by molar-refractivity contribution is 7.87. The number of fused-ring (bicyclic) bond motifs is 4. The molecule has 9 heteroatoms. The number of anilines is 1. The largest absolute Gasteiger partial charge is 0.340 e. The highest BCUT2D eigenvalue weighted by Gasteiger charge is 2.47. The number of nitrogens with one attached hydrogen (secondary N) is 1. The predicted molar refractivity (Wildman–Crippen MR) is 109 cm³/mol. The molecule has 1 aromatic heterocycles. The summed E-state index contributed by atoms with van der Waals surface area (Å²) in [7, 11) is -0.276. The van der Waals surface area contributed by atoms with Crippen molar-refractivity contribution in [3.63, 3.8) is 0 Å². The van der Waals surface area contributed by atoms with Crippen LogP contribution in [0.2, 0.25) is 0 Å². The van der Waals surface area contributed by atoms with Crippen LogP contribution in [0.4, 0.5) is 5.95 Å². The predicted octanol–water partition coefficient (Wildman–Crippen LogP) is 0.860. The molecule has 2 bridgehead atoms. The highest BCUT2D eigenvalue weighted by Crippen LogP contribution is 2.41. The molecule has 1 aromatic rings. The van der Waals surface area contributed by atoms with Crippen molar-refractivity contribution in [3.8, 4) is 0 Å². The molecule has 0 aliphatic carbocycles. The summed E-state index contributed by atoms with van der Waals surface area (Å²) < 4.78 is 28.7. The van der Waals surface area contributed by atoms with Gasteiger partial charge in [0.2, 0.25) is 5.95 Å². The minimum Gasteiger partial charge on any atom is -0.340 e. The van der Waals surface area contributed by atoms with Crippen molar-refractivity contribution in [2.45, 2.75) is 44.7 Å². The summed E-state index contributed by atoms with van der Waals surface area (Å²) in [5, 5.41) is 0. The van der Waals surface area contributed by atoms with Crippen molar-refractivity contribution < 1.29 is 8.42 Å². The Balaban J connectivity index is 1.57. The standard InChI is InChI=1S/C19H32N6O2S/c1-14-7-8-20-19(22-14)24-12-15-10-16(13-24)18(11-21-28(26,27)23(2)3)25-9-5-4-6-17(15)25/h7-8,15-18,21H,4-6,9-13H2,1-3H3/t15-,16+,17+,18+/m1/s1. The lowest BCUT2D eigenvalue weighted by atomic mass is 9.72. The molecule has 1 N–H and O–H groups in total. The average Bonchev–Trinajstić information content (AvgIpc) is 2.67. The van der Waals surface area contributed by atoms with Crippen molar-refractivity contribution in [2.24, 2.45) is 11.8 Å². The van der Waals surface area contributed by atoms with Crippen LogP contribution in [-0.2, 0) is 10.2 Å². The first-order valence-electron chi connectivity index (χ1n) is 10.3. The van der Waals surface area contributed by atoms with E-state index in [-0.39, 0.29) is 6.04 Å². The van der Waals surface area contributed by atoms with Crippen molar-refractivity contribution in [3.05, 3.63) is 18.0 Å². The number of rotatable bonds is 5. The van der Waals surface area contributed by atoms with Crippen LogP contribution < -0.4 is 9.62 Å². The SMILES string of the molecule is Cc1ccnc(N2C[C@H]3C[C@@H](C2)[C@H](CNS(=O)(=O)N(C)C)N2CCCC[C@@H]32)n1. The maximum Gasteiger partial charge on any atom is 0.278 e. The number of hydrogen-bond acceptors (Lipinski definition) is 6. The molecule has 8 nitrogen and oxygen atoms in total. The van der Waals surface area contributed by atoms with Gasteiger partial charge in [0.15, 0.2) is 0 Å². The summed E-state index contributed by atoms with van der Waals surface area (Å²) >= 11 is 0. The van der Waals surface area contributed by atoms with E-state index in [0.29, 0.717) is 24.4 Å². The van der Waals surface area contributed by atoms with E-state index in [2.05, 4.69) is 24.5 Å². The first kappa shape index (κ1) is 20.0. The monoisotopic (exact) mass is 408 g/mol. The van der Waals surface area contributed by atoms with E-state index in [1.807, 2.05) is 19.2 Å². The van der Waals surface area contributed by atoms with Gasteiger partial charge in [0.1, 0.15) is 0 Å². The van der Waals surface area contributed by atoms with Crippen molar-refractivity contribution in [1.82, 2.24) is 23.9 Å². The molecular formula is C19H32N6O2S. The Bertz CT molecular complexity index is 801. The van der Waals surface area contributed by atoms with Crippen molar-refractivity contribution in [1.29, 1.82) is 0 Å². The highest BCUT2D eigenvalue weighted by atomic mass is 32.2. The summed E-state index contributed by atoms with van der Waals surface area (Å²) in [6, 6.07) is 2.69. The Morgan fingerprint density at radius 3 is 2.79 bits per heavy atom. The molecule has 3 saturated heterocycles. The third kappa shape index (κ3) is 3.90. The molecule has 28 heavy (non-hydrogen) atoms. The second-order valence-corrected chi connectivity index (χ2v) is 10.6. The van der Waals surface area contributed by atoms with E-state index in [1.165, 1.54) is 23.6 Å². The van der Waals surface area contributed by atoms with Crippen LogP contribution in [-0.4, -0.2) is 79.9 Å². The summed E-state index contributed by atoms with van der Waals surface area (Å²) in [5.41, 5.74) is 0.982. The zero-order chi connectivity index (χ0) is 19.9. The lowest BCUT2D eigenvalue weighted by molar-refractivity contribution is -0.0297. The van der Waals surface area contributed by atoms with Gasteiger partial charge in [-0.15, -0.1) is 0 Å². The van der Waals surface area contributed by atoms with E-state index in [4.69, 9.17) is 0 Å². The Morgan fingerprint density at radius 1 is 1.25 bits per heavy atom. The first-order chi connectivity index (χ1) is 13.3. The van der Waals surface area contributed by atoms with Gasteiger partial charge in [-0.2, -0.15) is 12.7 Å². The number of nitrogens with zero attached hydrogens (tertiary/aromatic N) is 5. The quantitative estimate of drug-likeness (QED) is 0.778. The molecule has 4 heterocycles. The fourth-order valence-corrected chi connectivity index (χ4v) is 5.90. The second-order valence-electron chi connectivity index (χ2n) is 8.66. The Hall–Kier alpha value is -1.29. The van der Waals surface area contributed by atoms with E-state index < -0.39 is 10.2 Å². The summed E-state index contributed by atoms with van der Waals surface area (Å²) in [6.07, 6.45) is 6.67. The van der Waals surface area contributed by atoms with Crippen LogP contribution in [0.1, 0.15) is 31.4 Å². The zero-order valence-corrected chi connectivity index (χ0v) is 17.9. The minimum absolute atomic E-state index is 0.226. The van der Waals surface area contributed by atoms with Crippen LogP contribution in [0, 0.1) is 18.8 Å². The third-order valence-corrected chi connectivity index (χ3v) is 8.14. The van der Waals surface area contributed by atoms with Crippen LogP contribution in [0.25, 0.3) is 0 Å². The maximum absolute atomic E-state index is 12.3. The fraction of sp³-hybridized carbons (Fsp3) is 0.789. The van der Waals surface area contributed by atoms with Gasteiger partial charge in [0, 0.05) is 57.7 Å². The molecule has 0 amide bonds. The smallest absolute Gasteiger partial charge is 0.278 e. The van der Waals surface area contributed by atoms with Crippen molar-refractivity contribution in [2.75, 3.05) is 45.2 Å². The summed E-state index contributed by atoms with van der Waals surface area (Å²) in [4.78, 5) is 14.1. The Morgan fingerprint density at radius 2 is 2.04 bits per heavy atom. The molecule has 4 rings (SSSR count). The molecule has 0 spiro atoms. The van der Waals surface area contributed by atoms with Gasteiger partial charge in [0.05, 0.1) is 0 Å². The molecule has 3 aliphatic rings. The number of aromatic nitrogens is 2. The van der Waals surface area contributed by atoms with E-state index in [9.17, 15) is 8.42 Å². The number of hydrogen-bond donors (Lipinski definition) is 1. The van der Waals surface area contributed by atoms with E-state index in [1.54, 1.807) is 14.1 Å². The Kier molecular flexibility index (Phi) is 5.61. The van der Waals surface area contributed by atoms with Crippen molar-refractivity contribution >= 4 is 16.2 Å². The lowest BCUT2D eigenvalue weighted by Gasteiger charge is -2.56. The fourth-order valence-electron chi connectivity index (χ4n) is 5.26. The van der Waals surface area contributed by atoms with Crippen LogP contribution in [0.15, 0.2) is 12.3 Å². The van der Waals surface area contributed by atoms with Gasteiger partial charge in [-0.05, 0) is 50.6 Å². The summed E-state index contributed by atoms with van der Waals surface area (Å²) in [6.45, 7) is 5.43. The maximum atomic E-state index is 12.3. The molecule has 0 saturated carbocycles. The second kappa shape index (κ2) is 7.85. The first-order valence-corrected chi connectivity index (χ1v) is 11.8. The van der Waals surface area contributed by atoms with E-state index >= 15 is 0 Å². The molecule has 3 fully saturated rings. The zero-order valence-electron chi connectivity index (χ0n) is 17.1. The topological polar surface area (TPSA) is 81.7 Å². The van der Waals surface area contributed by atoms with Gasteiger partial charge < -0.3 is 4.90 Å². The van der Waals surface area contributed by atoms with Gasteiger partial charge in [-0.1, -0.05) is 6.42 Å². The minimum atomic E-state index is -3.42. The summed E-state index contributed by atoms with van der Waals surface area (Å²) in [5.74, 6) is 1.83. The van der Waals surface area contributed by atoms with Gasteiger partial charge in [-0.3, -0.25) is 4.90 Å². The molecule has 4 atom stereocenters. The van der Waals surface area contributed by atoms with E-state index in [0.717, 1.165) is 37.7 Å². The average molecular weight is 409 g/mol. The molecule has 0 aromatic carbocycles. The Labute approximate surface area is 168 Å². The normalized spacial score (nSPS) is 31.1. The van der Waals surface area contributed by atoms with Crippen LogP contribution >= 0.6 is 0 Å².